The van der Waals surface area contributed by atoms with Crippen molar-refractivity contribution in [3.05, 3.63) is 59.2 Å². The van der Waals surface area contributed by atoms with E-state index < -0.39 is 30.1 Å². The Bertz CT molecular complexity index is 1480. The van der Waals surface area contributed by atoms with Crippen LogP contribution in [0.3, 0.4) is 0 Å². The molecule has 0 aromatic heterocycles. The summed E-state index contributed by atoms with van der Waals surface area (Å²) in [7, 11) is 4.32. The van der Waals surface area contributed by atoms with Crippen LogP contribution in [0, 0.1) is 11.8 Å². The third-order valence-corrected chi connectivity index (χ3v) is 7.71. The van der Waals surface area contributed by atoms with Crippen molar-refractivity contribution in [3.8, 4) is 45.6 Å². The topological polar surface area (TPSA) is 119 Å². The maximum atomic E-state index is 13.4. The molecule has 1 aliphatic carbocycles. The number of esters is 2. The van der Waals surface area contributed by atoms with Gasteiger partial charge < -0.3 is 38.3 Å². The van der Waals surface area contributed by atoms with Gasteiger partial charge >= 0.3 is 11.9 Å². The fraction of sp³-hybridized carbons (Fsp3) is 0.355. The van der Waals surface area contributed by atoms with Crippen LogP contribution in [0.1, 0.15) is 54.5 Å². The molecule has 1 aliphatic heterocycles. The molecule has 4 atom stereocenters. The molecule has 10 nitrogen and oxygen atoms in total. The first-order valence-electron chi connectivity index (χ1n) is 13.1. The van der Waals surface area contributed by atoms with Crippen LogP contribution in [0.25, 0.3) is 11.1 Å². The van der Waals surface area contributed by atoms with Crippen LogP contribution >= 0.6 is 0 Å². The van der Waals surface area contributed by atoms with Crippen LogP contribution in [-0.4, -0.2) is 45.2 Å². The molecule has 0 fully saturated rings. The zero-order valence-electron chi connectivity index (χ0n) is 23.7. The van der Waals surface area contributed by atoms with E-state index in [1.165, 1.54) is 28.3 Å². The van der Waals surface area contributed by atoms with Crippen molar-refractivity contribution in [1.29, 1.82) is 0 Å². The first-order chi connectivity index (χ1) is 19.7. The van der Waals surface area contributed by atoms with Gasteiger partial charge in [-0.25, -0.2) is 4.79 Å². The molecule has 3 aromatic rings. The summed E-state index contributed by atoms with van der Waals surface area (Å²) < 4.78 is 40.6. The first-order valence-corrected chi connectivity index (χ1v) is 13.1. The van der Waals surface area contributed by atoms with Gasteiger partial charge in [-0.3, -0.25) is 4.79 Å². The fourth-order valence-electron chi connectivity index (χ4n) is 5.59. The number of ether oxygens (including phenoxy) is 7. The Labute approximate surface area is 237 Å². The highest BCUT2D eigenvalue weighted by molar-refractivity contribution is 5.91. The zero-order valence-corrected chi connectivity index (χ0v) is 23.7. The minimum atomic E-state index is -0.917. The van der Waals surface area contributed by atoms with Gasteiger partial charge in [0.15, 0.2) is 23.0 Å². The highest BCUT2D eigenvalue weighted by Crippen LogP contribution is 2.60. The summed E-state index contributed by atoms with van der Waals surface area (Å²) in [6.07, 6.45) is -1.75. The minimum Gasteiger partial charge on any atom is -0.504 e. The van der Waals surface area contributed by atoms with E-state index in [0.717, 1.165) is 0 Å². The number of fused-ring (bicyclic) bond motifs is 4. The Morgan fingerprint density at radius 3 is 2.07 bits per heavy atom. The molecule has 2 aliphatic rings. The SMILES string of the molecule is COc1cc2c(c(O)c1OC)-c1c(cc3c(c1OC)OCO3)[C@H](OC(C)=O)[C@H](C)[C@H](C)[C@H]2OC(=O)c1ccccc1. The molecular weight excluding hydrogens is 532 g/mol. The van der Waals surface area contributed by atoms with E-state index in [1.807, 2.05) is 13.8 Å². The summed E-state index contributed by atoms with van der Waals surface area (Å²) in [4.78, 5) is 25.9. The molecule has 0 spiro atoms. The molecule has 0 unspecified atom stereocenters. The molecule has 3 aromatic carbocycles. The van der Waals surface area contributed by atoms with Gasteiger partial charge in [0.1, 0.15) is 12.2 Å². The fourth-order valence-corrected chi connectivity index (χ4v) is 5.59. The van der Waals surface area contributed by atoms with E-state index >= 15 is 0 Å². The second-order valence-corrected chi connectivity index (χ2v) is 9.97. The van der Waals surface area contributed by atoms with Crippen molar-refractivity contribution >= 4 is 11.9 Å². The number of phenolic OH excluding ortho intramolecular Hbond substituents is 1. The van der Waals surface area contributed by atoms with Crippen LogP contribution in [0.4, 0.5) is 0 Å². The highest BCUT2D eigenvalue weighted by Gasteiger charge is 2.44. The summed E-state index contributed by atoms with van der Waals surface area (Å²) >= 11 is 0. The van der Waals surface area contributed by atoms with Crippen molar-refractivity contribution in [1.82, 2.24) is 0 Å². The standard InChI is InChI=1S/C31H32O10/c1-15-16(2)27(41-31(34)18-10-8-7-9-11-18)19-12-21(35-4)28(36-5)25(33)23(19)24-20(26(15)40-17(3)32)13-22-29(30(24)37-6)39-14-38-22/h7-13,15-16,26-27,33H,14H2,1-6H3/t15-,16+,26-,27-/m1/s1. The molecule has 0 amide bonds. The first kappa shape index (κ1) is 27.9. The smallest absolute Gasteiger partial charge is 0.338 e. The van der Waals surface area contributed by atoms with Crippen molar-refractivity contribution < 1.29 is 47.9 Å². The quantitative estimate of drug-likeness (QED) is 0.379. The molecule has 0 bridgehead atoms. The van der Waals surface area contributed by atoms with E-state index in [4.69, 9.17) is 33.2 Å². The van der Waals surface area contributed by atoms with Gasteiger partial charge in [-0.2, -0.15) is 0 Å². The maximum Gasteiger partial charge on any atom is 0.338 e. The lowest BCUT2D eigenvalue weighted by atomic mass is 9.74. The van der Waals surface area contributed by atoms with Gasteiger partial charge in [-0.1, -0.05) is 32.0 Å². The van der Waals surface area contributed by atoms with Crippen LogP contribution in [0.5, 0.6) is 34.5 Å². The van der Waals surface area contributed by atoms with Gasteiger partial charge in [0.2, 0.25) is 18.3 Å². The molecule has 1 heterocycles. The largest absolute Gasteiger partial charge is 0.504 e. The summed E-state index contributed by atoms with van der Waals surface area (Å²) in [6, 6.07) is 12.0. The summed E-state index contributed by atoms with van der Waals surface area (Å²) in [6.45, 7) is 5.10. The number of carbonyl (C=O) groups excluding carboxylic acids is 2. The zero-order chi connectivity index (χ0) is 29.4. The van der Waals surface area contributed by atoms with E-state index in [2.05, 4.69) is 0 Å². The van der Waals surface area contributed by atoms with E-state index in [9.17, 15) is 14.7 Å². The number of aromatic hydroxyl groups is 1. The Kier molecular flexibility index (Phi) is 7.57. The second-order valence-electron chi connectivity index (χ2n) is 9.97. The minimum absolute atomic E-state index is 0.0408. The summed E-state index contributed by atoms with van der Waals surface area (Å²) in [5.74, 6) is -0.858. The maximum absolute atomic E-state index is 13.4. The van der Waals surface area contributed by atoms with E-state index in [1.54, 1.807) is 42.5 Å². The van der Waals surface area contributed by atoms with E-state index in [0.29, 0.717) is 33.8 Å². The Morgan fingerprint density at radius 1 is 0.829 bits per heavy atom. The summed E-state index contributed by atoms with van der Waals surface area (Å²) in [5.41, 5.74) is 1.98. The van der Waals surface area contributed by atoms with E-state index in [-0.39, 0.29) is 41.3 Å². The Hall–Kier alpha value is -4.60. The molecule has 0 radical (unpaired) electrons. The lowest BCUT2D eigenvalue weighted by molar-refractivity contribution is -0.151. The van der Waals surface area contributed by atoms with Crippen LogP contribution in [0.15, 0.2) is 42.5 Å². The number of phenols is 1. The monoisotopic (exact) mass is 564 g/mol. The third kappa shape index (κ3) is 4.73. The predicted molar refractivity (Wildman–Crippen MR) is 147 cm³/mol. The van der Waals surface area contributed by atoms with Gasteiger partial charge in [-0.05, 0) is 24.3 Å². The van der Waals surface area contributed by atoms with Crippen molar-refractivity contribution in [2.75, 3.05) is 28.1 Å². The van der Waals surface area contributed by atoms with Gasteiger partial charge in [0.05, 0.1) is 26.9 Å². The van der Waals surface area contributed by atoms with Crippen molar-refractivity contribution in [2.45, 2.75) is 33.0 Å². The average Bonchev–Trinajstić information content (AvgIpc) is 3.45. The normalized spacial score (nSPS) is 20.5. The number of hydrogen-bond donors (Lipinski definition) is 1. The third-order valence-electron chi connectivity index (χ3n) is 7.71. The molecule has 0 saturated carbocycles. The summed E-state index contributed by atoms with van der Waals surface area (Å²) in [5, 5.41) is 11.8. The van der Waals surface area contributed by atoms with Crippen LogP contribution in [-0.2, 0) is 14.3 Å². The number of hydrogen-bond acceptors (Lipinski definition) is 10. The molecule has 0 saturated heterocycles. The van der Waals surface area contributed by atoms with Crippen molar-refractivity contribution in [3.63, 3.8) is 0 Å². The lowest BCUT2D eigenvalue weighted by Crippen LogP contribution is -2.31. The predicted octanol–water partition coefficient (Wildman–Crippen LogP) is 5.60. The van der Waals surface area contributed by atoms with Gasteiger partial charge in [0, 0.05) is 41.0 Å². The highest BCUT2D eigenvalue weighted by atomic mass is 16.7. The van der Waals surface area contributed by atoms with Crippen molar-refractivity contribution in [2.24, 2.45) is 11.8 Å². The Morgan fingerprint density at radius 2 is 1.46 bits per heavy atom. The number of benzene rings is 3. The molecule has 1 N–H and O–H groups in total. The lowest BCUT2D eigenvalue weighted by Gasteiger charge is -2.38. The van der Waals surface area contributed by atoms with Gasteiger partial charge in [0.25, 0.3) is 0 Å². The molecular formula is C31H32O10. The van der Waals surface area contributed by atoms with Crippen LogP contribution < -0.4 is 23.7 Å². The molecule has 216 valence electrons. The number of rotatable bonds is 6. The molecule has 41 heavy (non-hydrogen) atoms. The molecule has 10 heteroatoms. The number of carbonyl (C=O) groups is 2. The van der Waals surface area contributed by atoms with Gasteiger partial charge in [-0.15, -0.1) is 0 Å². The van der Waals surface area contributed by atoms with Crippen LogP contribution in [0.2, 0.25) is 0 Å². The number of methoxy groups -OCH3 is 3. The Balaban J connectivity index is 1.87. The average molecular weight is 565 g/mol. The second kappa shape index (κ2) is 11.1. The molecule has 5 rings (SSSR count).